The van der Waals surface area contributed by atoms with Gasteiger partial charge in [0.05, 0.1) is 17.9 Å². The number of hydrogen-bond donors (Lipinski definition) is 0. The molecule has 0 spiro atoms. The first-order chi connectivity index (χ1) is 10.4. The number of carbonyl (C=O) groups excluding carboxylic acids is 1. The van der Waals surface area contributed by atoms with Crippen LogP contribution in [0, 0.1) is 23.2 Å². The average Bonchev–Trinajstić information content (AvgIpc) is 2.45. The predicted octanol–water partition coefficient (Wildman–Crippen LogP) is 0.267. The SMILES string of the molecule is CCCN(C)C(=O)[C@H]1CCCN(S(=O)(=O)N2CC(C#N)C2)C1. The molecule has 2 aliphatic heterocycles. The number of nitriles is 1. The Morgan fingerprint density at radius 1 is 1.32 bits per heavy atom. The maximum Gasteiger partial charge on any atom is 0.282 e. The molecule has 1 amide bonds. The minimum atomic E-state index is -3.53. The van der Waals surface area contributed by atoms with Gasteiger partial charge in [0.15, 0.2) is 0 Å². The molecule has 7 nitrogen and oxygen atoms in total. The Bertz CT molecular complexity index is 551. The van der Waals surface area contributed by atoms with E-state index in [0.29, 0.717) is 19.5 Å². The van der Waals surface area contributed by atoms with Crippen LogP contribution in [0.2, 0.25) is 0 Å². The molecule has 2 saturated heterocycles. The van der Waals surface area contributed by atoms with Crippen LogP contribution in [0.1, 0.15) is 26.2 Å². The monoisotopic (exact) mass is 328 g/mol. The summed E-state index contributed by atoms with van der Waals surface area (Å²) in [6.45, 7) is 3.95. The zero-order valence-electron chi connectivity index (χ0n) is 13.2. The minimum absolute atomic E-state index is 0.0280. The number of hydrogen-bond acceptors (Lipinski definition) is 4. The first-order valence-corrected chi connectivity index (χ1v) is 9.19. The van der Waals surface area contributed by atoms with Gasteiger partial charge in [-0.1, -0.05) is 6.92 Å². The summed E-state index contributed by atoms with van der Waals surface area (Å²) in [5, 5.41) is 8.77. The average molecular weight is 328 g/mol. The van der Waals surface area contributed by atoms with Crippen molar-refractivity contribution >= 4 is 16.1 Å². The standard InChI is InChI=1S/C14H24N4O3S/c1-3-6-16(2)14(19)13-5-4-7-17(11-13)22(20,21)18-9-12(8-15)10-18/h12-13H,3-7,9-11H2,1-2H3/t13-/m0/s1. The van der Waals surface area contributed by atoms with E-state index in [0.717, 1.165) is 12.8 Å². The van der Waals surface area contributed by atoms with E-state index in [1.165, 1.54) is 8.61 Å². The van der Waals surface area contributed by atoms with Crippen molar-refractivity contribution in [2.24, 2.45) is 11.8 Å². The van der Waals surface area contributed by atoms with Gasteiger partial charge in [-0.05, 0) is 19.3 Å². The third-order valence-corrected chi connectivity index (χ3v) is 6.29. The summed E-state index contributed by atoms with van der Waals surface area (Å²) in [5.74, 6) is -0.430. The fraction of sp³-hybridized carbons (Fsp3) is 0.857. The second-order valence-electron chi connectivity index (χ2n) is 6.11. The van der Waals surface area contributed by atoms with Gasteiger partial charge in [-0.15, -0.1) is 0 Å². The third-order valence-electron chi connectivity index (χ3n) is 4.35. The van der Waals surface area contributed by atoms with Crippen LogP contribution in [0.5, 0.6) is 0 Å². The highest BCUT2D eigenvalue weighted by Gasteiger charge is 2.42. The molecule has 2 heterocycles. The summed E-state index contributed by atoms with van der Waals surface area (Å²) in [4.78, 5) is 14.1. The van der Waals surface area contributed by atoms with Crippen LogP contribution >= 0.6 is 0 Å². The van der Waals surface area contributed by atoms with E-state index in [9.17, 15) is 13.2 Å². The summed E-state index contributed by atoms with van der Waals surface area (Å²) in [5.41, 5.74) is 0. The van der Waals surface area contributed by atoms with Crippen LogP contribution in [0.25, 0.3) is 0 Å². The van der Waals surface area contributed by atoms with Crippen molar-refractivity contribution in [1.82, 2.24) is 13.5 Å². The molecule has 0 unspecified atom stereocenters. The number of piperidine rings is 1. The zero-order chi connectivity index (χ0) is 16.3. The highest BCUT2D eigenvalue weighted by atomic mass is 32.2. The lowest BCUT2D eigenvalue weighted by Crippen LogP contribution is -2.57. The van der Waals surface area contributed by atoms with Gasteiger partial charge in [0.2, 0.25) is 5.91 Å². The summed E-state index contributed by atoms with van der Waals surface area (Å²) in [6, 6.07) is 2.08. The van der Waals surface area contributed by atoms with Crippen LogP contribution in [-0.4, -0.2) is 67.6 Å². The fourth-order valence-corrected chi connectivity index (χ4v) is 4.77. The zero-order valence-corrected chi connectivity index (χ0v) is 14.0. The number of amides is 1. The second kappa shape index (κ2) is 6.94. The Balaban J connectivity index is 1.99. The molecule has 0 aromatic carbocycles. The van der Waals surface area contributed by atoms with E-state index in [1.807, 2.05) is 6.92 Å². The summed E-state index contributed by atoms with van der Waals surface area (Å²) < 4.78 is 27.8. The van der Waals surface area contributed by atoms with Gasteiger partial charge in [-0.25, -0.2) is 0 Å². The second-order valence-corrected chi connectivity index (χ2v) is 8.04. The quantitative estimate of drug-likeness (QED) is 0.725. The van der Waals surface area contributed by atoms with Crippen molar-refractivity contribution in [2.45, 2.75) is 26.2 Å². The van der Waals surface area contributed by atoms with E-state index in [2.05, 4.69) is 6.07 Å². The highest BCUT2D eigenvalue weighted by Crippen LogP contribution is 2.26. The van der Waals surface area contributed by atoms with Gasteiger partial charge in [-0.2, -0.15) is 22.3 Å². The molecule has 0 radical (unpaired) electrons. The van der Waals surface area contributed by atoms with Crippen LogP contribution in [0.4, 0.5) is 0 Å². The molecule has 0 aliphatic carbocycles. The molecule has 0 N–H and O–H groups in total. The number of carbonyl (C=O) groups is 1. The molecule has 124 valence electrons. The van der Waals surface area contributed by atoms with E-state index < -0.39 is 10.2 Å². The van der Waals surface area contributed by atoms with Crippen LogP contribution in [0.3, 0.4) is 0 Å². The van der Waals surface area contributed by atoms with Crippen molar-refractivity contribution in [1.29, 1.82) is 5.26 Å². The van der Waals surface area contributed by atoms with Gasteiger partial charge >= 0.3 is 0 Å². The Hall–Kier alpha value is -1.17. The Kier molecular flexibility index (Phi) is 5.42. The lowest BCUT2D eigenvalue weighted by Gasteiger charge is -2.40. The molecule has 0 bridgehead atoms. The molecule has 2 fully saturated rings. The van der Waals surface area contributed by atoms with Gasteiger partial charge in [0.1, 0.15) is 0 Å². The molecule has 2 aliphatic rings. The lowest BCUT2D eigenvalue weighted by atomic mass is 9.98. The fourth-order valence-electron chi connectivity index (χ4n) is 2.98. The topological polar surface area (TPSA) is 84.7 Å². The summed E-state index contributed by atoms with van der Waals surface area (Å²) >= 11 is 0. The van der Waals surface area contributed by atoms with Gasteiger partial charge in [-0.3, -0.25) is 4.79 Å². The molecular formula is C14H24N4O3S. The van der Waals surface area contributed by atoms with Crippen LogP contribution in [0.15, 0.2) is 0 Å². The highest BCUT2D eigenvalue weighted by molar-refractivity contribution is 7.86. The van der Waals surface area contributed by atoms with E-state index in [1.54, 1.807) is 11.9 Å². The van der Waals surface area contributed by atoms with Crippen molar-refractivity contribution in [2.75, 3.05) is 39.8 Å². The van der Waals surface area contributed by atoms with Crippen molar-refractivity contribution in [3.63, 3.8) is 0 Å². The number of nitrogens with zero attached hydrogens (tertiary/aromatic N) is 4. The third kappa shape index (κ3) is 3.42. The van der Waals surface area contributed by atoms with Gasteiger partial charge < -0.3 is 4.90 Å². The summed E-state index contributed by atoms with van der Waals surface area (Å²) in [6.07, 6.45) is 2.32. The first-order valence-electron chi connectivity index (χ1n) is 7.80. The minimum Gasteiger partial charge on any atom is -0.345 e. The Labute approximate surface area is 132 Å². The molecule has 0 saturated carbocycles. The molecule has 0 aromatic rings. The number of rotatable bonds is 5. The van der Waals surface area contributed by atoms with E-state index in [4.69, 9.17) is 5.26 Å². The Morgan fingerprint density at radius 2 is 2.00 bits per heavy atom. The maximum absolute atomic E-state index is 12.5. The molecule has 1 atom stereocenters. The van der Waals surface area contributed by atoms with Gasteiger partial charge in [0.25, 0.3) is 10.2 Å². The van der Waals surface area contributed by atoms with E-state index in [-0.39, 0.29) is 37.4 Å². The summed E-state index contributed by atoms with van der Waals surface area (Å²) in [7, 11) is -1.76. The lowest BCUT2D eigenvalue weighted by molar-refractivity contribution is -0.135. The van der Waals surface area contributed by atoms with Crippen LogP contribution in [-0.2, 0) is 15.0 Å². The van der Waals surface area contributed by atoms with E-state index >= 15 is 0 Å². The van der Waals surface area contributed by atoms with Crippen molar-refractivity contribution < 1.29 is 13.2 Å². The molecule has 8 heteroatoms. The normalized spacial score (nSPS) is 24.5. The largest absolute Gasteiger partial charge is 0.345 e. The molecular weight excluding hydrogens is 304 g/mol. The van der Waals surface area contributed by atoms with Crippen molar-refractivity contribution in [3.8, 4) is 6.07 Å². The molecule has 22 heavy (non-hydrogen) atoms. The maximum atomic E-state index is 12.5. The predicted molar refractivity (Wildman–Crippen MR) is 81.8 cm³/mol. The molecule has 0 aromatic heterocycles. The van der Waals surface area contributed by atoms with Crippen molar-refractivity contribution in [3.05, 3.63) is 0 Å². The Morgan fingerprint density at radius 3 is 2.59 bits per heavy atom. The molecule has 2 rings (SSSR count). The smallest absolute Gasteiger partial charge is 0.282 e. The van der Waals surface area contributed by atoms with Gasteiger partial charge in [0, 0.05) is 39.8 Å². The van der Waals surface area contributed by atoms with Crippen LogP contribution < -0.4 is 0 Å². The first kappa shape index (κ1) is 17.2.